The predicted octanol–water partition coefficient (Wildman–Crippen LogP) is 0.811. The van der Waals surface area contributed by atoms with Gasteiger partial charge in [-0.1, -0.05) is 0 Å². The fourth-order valence-corrected chi connectivity index (χ4v) is 1.12. The van der Waals surface area contributed by atoms with Crippen LogP contribution in [0.2, 0.25) is 0 Å². The Balaban J connectivity index is 2.87. The molecule has 0 radical (unpaired) electrons. The van der Waals surface area contributed by atoms with E-state index in [4.69, 9.17) is 10.8 Å². The Morgan fingerprint density at radius 2 is 2.12 bits per heavy atom. The number of benzene rings is 1. The molecule has 0 saturated carbocycles. The van der Waals surface area contributed by atoms with Crippen molar-refractivity contribution in [2.75, 3.05) is 11.9 Å². The number of hydrogen-bond donors (Lipinski definition) is 3. The van der Waals surface area contributed by atoms with E-state index in [-0.39, 0.29) is 24.6 Å². The molecule has 4 N–H and O–H groups in total. The van der Waals surface area contributed by atoms with Gasteiger partial charge in [-0.3, -0.25) is 4.79 Å². The highest BCUT2D eigenvalue weighted by molar-refractivity contribution is 5.94. The maximum Gasteiger partial charge on any atom is 0.338 e. The standard InChI is InChI=1S/C10H11FN2O3/c11-8-2-1-6(5-7(8)10(15)16)13-9(14)3-4-12/h1-2,5H,3-4,12H2,(H,13,14)(H,15,16). The Bertz CT molecular complexity index is 421. The van der Waals surface area contributed by atoms with Crippen molar-refractivity contribution in [1.82, 2.24) is 0 Å². The Labute approximate surface area is 91.1 Å². The second-order valence-electron chi connectivity index (χ2n) is 3.09. The maximum atomic E-state index is 13.0. The number of halogens is 1. The smallest absolute Gasteiger partial charge is 0.338 e. The van der Waals surface area contributed by atoms with Gasteiger partial charge in [-0.25, -0.2) is 9.18 Å². The monoisotopic (exact) mass is 226 g/mol. The van der Waals surface area contributed by atoms with E-state index in [1.807, 2.05) is 0 Å². The quantitative estimate of drug-likeness (QED) is 0.708. The molecule has 1 aromatic carbocycles. The van der Waals surface area contributed by atoms with E-state index < -0.39 is 17.3 Å². The SMILES string of the molecule is NCCC(=O)Nc1ccc(F)c(C(=O)O)c1. The summed E-state index contributed by atoms with van der Waals surface area (Å²) in [6.45, 7) is 0.193. The van der Waals surface area contributed by atoms with E-state index in [0.717, 1.165) is 12.1 Å². The third-order valence-electron chi connectivity index (χ3n) is 1.85. The molecule has 0 aromatic heterocycles. The summed E-state index contributed by atoms with van der Waals surface area (Å²) >= 11 is 0. The summed E-state index contributed by atoms with van der Waals surface area (Å²) in [6, 6.07) is 3.34. The topological polar surface area (TPSA) is 92.4 Å². The molecule has 1 amide bonds. The minimum absolute atomic E-state index is 0.125. The third kappa shape index (κ3) is 3.03. The first kappa shape index (κ1) is 12.1. The van der Waals surface area contributed by atoms with Crippen LogP contribution in [0.5, 0.6) is 0 Å². The van der Waals surface area contributed by atoms with Gasteiger partial charge in [-0.2, -0.15) is 0 Å². The number of aromatic carboxylic acids is 1. The Hall–Kier alpha value is -1.95. The molecule has 0 atom stereocenters. The second-order valence-corrected chi connectivity index (χ2v) is 3.09. The summed E-state index contributed by atoms with van der Waals surface area (Å²) < 4.78 is 13.0. The number of hydrogen-bond acceptors (Lipinski definition) is 3. The van der Waals surface area contributed by atoms with Crippen LogP contribution in [0.4, 0.5) is 10.1 Å². The zero-order chi connectivity index (χ0) is 12.1. The summed E-state index contributed by atoms with van der Waals surface area (Å²) in [5.41, 5.74) is 4.92. The summed E-state index contributed by atoms with van der Waals surface area (Å²) in [4.78, 5) is 21.8. The third-order valence-corrected chi connectivity index (χ3v) is 1.85. The van der Waals surface area contributed by atoms with Gasteiger partial charge >= 0.3 is 5.97 Å². The van der Waals surface area contributed by atoms with Crippen molar-refractivity contribution >= 4 is 17.6 Å². The molecule has 0 unspecified atom stereocenters. The van der Waals surface area contributed by atoms with Gasteiger partial charge in [0.05, 0.1) is 5.56 Å². The number of anilines is 1. The molecule has 0 saturated heterocycles. The van der Waals surface area contributed by atoms with Crippen molar-refractivity contribution in [3.63, 3.8) is 0 Å². The van der Waals surface area contributed by atoms with Gasteiger partial charge in [0, 0.05) is 18.7 Å². The van der Waals surface area contributed by atoms with Crippen LogP contribution >= 0.6 is 0 Å². The van der Waals surface area contributed by atoms with Gasteiger partial charge in [0.15, 0.2) is 0 Å². The van der Waals surface area contributed by atoms with E-state index in [9.17, 15) is 14.0 Å². The van der Waals surface area contributed by atoms with Crippen molar-refractivity contribution in [3.05, 3.63) is 29.6 Å². The lowest BCUT2D eigenvalue weighted by Gasteiger charge is -2.05. The average Bonchev–Trinajstić information content (AvgIpc) is 2.21. The van der Waals surface area contributed by atoms with Gasteiger partial charge in [0.2, 0.25) is 5.91 Å². The summed E-state index contributed by atoms with van der Waals surface area (Å²) in [6.07, 6.45) is 0.125. The number of carbonyl (C=O) groups excluding carboxylic acids is 1. The highest BCUT2D eigenvalue weighted by atomic mass is 19.1. The number of rotatable bonds is 4. The molecule has 0 heterocycles. The minimum atomic E-state index is -1.38. The number of nitrogens with two attached hydrogens (primary N) is 1. The maximum absolute atomic E-state index is 13.0. The molecule has 0 aliphatic heterocycles. The van der Waals surface area contributed by atoms with Crippen LogP contribution in [0.1, 0.15) is 16.8 Å². The lowest BCUT2D eigenvalue weighted by atomic mass is 10.2. The largest absolute Gasteiger partial charge is 0.478 e. The van der Waals surface area contributed by atoms with Crippen LogP contribution < -0.4 is 11.1 Å². The minimum Gasteiger partial charge on any atom is -0.478 e. The normalized spacial score (nSPS) is 9.88. The fourth-order valence-electron chi connectivity index (χ4n) is 1.12. The van der Waals surface area contributed by atoms with Crippen LogP contribution in [0.25, 0.3) is 0 Å². The number of carbonyl (C=O) groups is 2. The molecule has 6 heteroatoms. The van der Waals surface area contributed by atoms with E-state index in [2.05, 4.69) is 5.32 Å². The van der Waals surface area contributed by atoms with E-state index in [1.54, 1.807) is 0 Å². The number of carboxylic acid groups (broad SMARTS) is 1. The van der Waals surface area contributed by atoms with Gasteiger partial charge in [-0.15, -0.1) is 0 Å². The van der Waals surface area contributed by atoms with Crippen LogP contribution in [0.15, 0.2) is 18.2 Å². The second kappa shape index (κ2) is 5.22. The molecule has 0 aliphatic carbocycles. The van der Waals surface area contributed by atoms with Crippen molar-refractivity contribution in [2.24, 2.45) is 5.73 Å². The molecular weight excluding hydrogens is 215 g/mol. The number of carboxylic acids is 1. The first-order chi connectivity index (χ1) is 7.54. The zero-order valence-electron chi connectivity index (χ0n) is 8.37. The molecule has 0 fully saturated rings. The van der Waals surface area contributed by atoms with Crippen molar-refractivity contribution < 1.29 is 19.1 Å². The van der Waals surface area contributed by atoms with E-state index in [1.165, 1.54) is 6.07 Å². The summed E-state index contributed by atoms with van der Waals surface area (Å²) in [5.74, 6) is -2.57. The van der Waals surface area contributed by atoms with Crippen LogP contribution in [0.3, 0.4) is 0 Å². The predicted molar refractivity (Wildman–Crippen MR) is 55.7 cm³/mol. The number of amides is 1. The van der Waals surface area contributed by atoms with Crippen LogP contribution in [-0.4, -0.2) is 23.5 Å². The summed E-state index contributed by atoms with van der Waals surface area (Å²) in [5, 5.41) is 11.1. The van der Waals surface area contributed by atoms with Crippen LogP contribution in [0, 0.1) is 5.82 Å². The van der Waals surface area contributed by atoms with E-state index in [0.29, 0.717) is 0 Å². The molecular formula is C10H11FN2O3. The van der Waals surface area contributed by atoms with Gasteiger partial charge < -0.3 is 16.2 Å². The average molecular weight is 226 g/mol. The zero-order valence-corrected chi connectivity index (χ0v) is 8.37. The molecule has 1 aromatic rings. The first-order valence-corrected chi connectivity index (χ1v) is 4.57. The highest BCUT2D eigenvalue weighted by Crippen LogP contribution is 2.14. The van der Waals surface area contributed by atoms with Gasteiger partial charge in [-0.05, 0) is 18.2 Å². The Morgan fingerprint density at radius 1 is 1.44 bits per heavy atom. The first-order valence-electron chi connectivity index (χ1n) is 4.57. The van der Waals surface area contributed by atoms with Gasteiger partial charge in [0.25, 0.3) is 0 Å². The molecule has 5 nitrogen and oxygen atoms in total. The molecule has 0 aliphatic rings. The lowest BCUT2D eigenvalue weighted by Crippen LogP contribution is -2.16. The van der Waals surface area contributed by atoms with Crippen molar-refractivity contribution in [2.45, 2.75) is 6.42 Å². The Kier molecular flexibility index (Phi) is 3.96. The molecule has 16 heavy (non-hydrogen) atoms. The van der Waals surface area contributed by atoms with E-state index >= 15 is 0 Å². The molecule has 86 valence electrons. The van der Waals surface area contributed by atoms with Crippen LogP contribution in [-0.2, 0) is 4.79 Å². The molecule has 1 rings (SSSR count). The summed E-state index contributed by atoms with van der Waals surface area (Å²) in [7, 11) is 0. The van der Waals surface area contributed by atoms with Gasteiger partial charge in [0.1, 0.15) is 5.82 Å². The fraction of sp³-hybridized carbons (Fsp3) is 0.200. The number of nitrogens with one attached hydrogen (secondary N) is 1. The lowest BCUT2D eigenvalue weighted by molar-refractivity contribution is -0.116. The van der Waals surface area contributed by atoms with Crippen molar-refractivity contribution in [1.29, 1.82) is 0 Å². The van der Waals surface area contributed by atoms with Crippen molar-refractivity contribution in [3.8, 4) is 0 Å². The highest BCUT2D eigenvalue weighted by Gasteiger charge is 2.11. The molecule has 0 spiro atoms. The molecule has 0 bridgehead atoms. The Morgan fingerprint density at radius 3 is 2.69 bits per heavy atom.